The molecule has 1 atom stereocenters. The van der Waals surface area contributed by atoms with Gasteiger partial charge in [-0.3, -0.25) is 4.79 Å². The fourth-order valence-corrected chi connectivity index (χ4v) is 7.98. The first-order chi connectivity index (χ1) is 22.9. The number of anilines is 2. The van der Waals surface area contributed by atoms with E-state index in [1.807, 2.05) is 30.3 Å². The number of piperidine rings is 2. The van der Waals surface area contributed by atoms with Crippen molar-refractivity contribution in [3.05, 3.63) is 53.3 Å². The van der Waals surface area contributed by atoms with Crippen LogP contribution >= 0.6 is 11.3 Å². The fraction of sp³-hybridized carbons (Fsp3) is 0.455. The van der Waals surface area contributed by atoms with Gasteiger partial charge in [0.05, 0.1) is 31.6 Å². The quantitative estimate of drug-likeness (QED) is 0.257. The van der Waals surface area contributed by atoms with Crippen molar-refractivity contribution >= 4 is 56.0 Å². The minimum Gasteiger partial charge on any atom is -0.488 e. The number of aliphatic hydroxyl groups excluding tert-OH is 1. The minimum atomic E-state index is -0.378. The van der Waals surface area contributed by atoms with E-state index < -0.39 is 0 Å². The number of aliphatic hydroxyl groups is 1. The summed E-state index contributed by atoms with van der Waals surface area (Å²) in [6.07, 6.45) is 6.50. The van der Waals surface area contributed by atoms with Gasteiger partial charge in [-0.1, -0.05) is 18.2 Å². The number of nitrogen functional groups attached to an aromatic ring is 1. The normalized spacial score (nSPS) is 19.4. The van der Waals surface area contributed by atoms with Crippen molar-refractivity contribution in [1.29, 1.82) is 0 Å². The standard InChI is InChI=1S/C33H40N8O5S/c1-45-33(44)40-14-8-21(18-40)25-17-26(28-31(34)35-20-36-41(25)28)39-11-4-5-22(19-39)37-32(43)30-29(24-6-2-3-7-27(24)47-30)46-23-9-12-38(13-10-23)15-16-42/h2-3,6-8,17,20,22-23,42H,4-5,9-16,18-19H2,1H3,(H,37,43)(H2,34,35,36)/t22-/m1/s1. The van der Waals surface area contributed by atoms with E-state index in [9.17, 15) is 14.7 Å². The number of nitrogens with zero attached hydrogens (tertiary/aromatic N) is 6. The number of carbonyl (C=O) groups is 2. The number of aromatic nitrogens is 3. The summed E-state index contributed by atoms with van der Waals surface area (Å²) in [5.41, 5.74) is 9.82. The molecule has 3 aliphatic heterocycles. The number of carbonyl (C=O) groups excluding carboxylic acids is 2. The van der Waals surface area contributed by atoms with Crippen molar-refractivity contribution in [3.8, 4) is 5.75 Å². The Morgan fingerprint density at radius 2 is 2.00 bits per heavy atom. The molecule has 1 aromatic carbocycles. The van der Waals surface area contributed by atoms with Crippen LogP contribution in [0, 0.1) is 0 Å². The number of hydrogen-bond acceptors (Lipinski definition) is 11. The number of likely N-dealkylation sites (tertiary alicyclic amines) is 1. The molecule has 2 saturated heterocycles. The molecule has 13 nitrogen and oxygen atoms in total. The number of methoxy groups -OCH3 is 1. The maximum atomic E-state index is 14.0. The van der Waals surface area contributed by atoms with Crippen LogP contribution in [0.25, 0.3) is 21.2 Å². The van der Waals surface area contributed by atoms with E-state index in [1.54, 1.807) is 9.42 Å². The molecule has 0 spiro atoms. The van der Waals surface area contributed by atoms with Gasteiger partial charge in [-0.25, -0.2) is 14.3 Å². The third-order valence-electron chi connectivity index (χ3n) is 9.33. The molecule has 0 unspecified atom stereocenters. The van der Waals surface area contributed by atoms with E-state index in [0.717, 1.165) is 72.4 Å². The summed E-state index contributed by atoms with van der Waals surface area (Å²) in [6, 6.07) is 9.97. The van der Waals surface area contributed by atoms with Gasteiger partial charge >= 0.3 is 6.09 Å². The van der Waals surface area contributed by atoms with Gasteiger partial charge in [0.15, 0.2) is 11.6 Å². The van der Waals surface area contributed by atoms with E-state index in [4.69, 9.17) is 15.2 Å². The zero-order valence-corrected chi connectivity index (χ0v) is 27.2. The summed E-state index contributed by atoms with van der Waals surface area (Å²) in [5.74, 6) is 0.898. The summed E-state index contributed by atoms with van der Waals surface area (Å²) in [6.45, 7) is 4.79. The molecular weight excluding hydrogens is 620 g/mol. The predicted octanol–water partition coefficient (Wildman–Crippen LogP) is 3.23. The third kappa shape index (κ3) is 6.20. The predicted molar refractivity (Wildman–Crippen MR) is 181 cm³/mol. The molecule has 0 bridgehead atoms. The van der Waals surface area contributed by atoms with Crippen LogP contribution in [-0.2, 0) is 4.74 Å². The van der Waals surface area contributed by atoms with Crippen molar-refractivity contribution in [1.82, 2.24) is 29.7 Å². The van der Waals surface area contributed by atoms with Crippen LogP contribution in [0.5, 0.6) is 5.75 Å². The Hall–Kier alpha value is -4.40. The van der Waals surface area contributed by atoms with Crippen LogP contribution in [-0.4, -0.2) is 113 Å². The molecule has 47 heavy (non-hydrogen) atoms. The van der Waals surface area contributed by atoms with Gasteiger partial charge < -0.3 is 40.3 Å². The Balaban J connectivity index is 1.10. The van der Waals surface area contributed by atoms with Crippen molar-refractivity contribution in [3.63, 3.8) is 0 Å². The Morgan fingerprint density at radius 3 is 2.81 bits per heavy atom. The van der Waals surface area contributed by atoms with Gasteiger partial charge in [-0.2, -0.15) is 5.10 Å². The highest BCUT2D eigenvalue weighted by molar-refractivity contribution is 7.21. The molecule has 248 valence electrons. The molecule has 2 fully saturated rings. The summed E-state index contributed by atoms with van der Waals surface area (Å²) in [7, 11) is 1.38. The van der Waals surface area contributed by atoms with Crippen LogP contribution in [0.15, 0.2) is 42.7 Å². The average Bonchev–Trinajstić information content (AvgIpc) is 3.82. The second-order valence-corrected chi connectivity index (χ2v) is 13.4. The molecule has 4 aromatic rings. The number of amides is 2. The first kappa shape index (κ1) is 31.2. The Labute approximate surface area is 276 Å². The van der Waals surface area contributed by atoms with Crippen LogP contribution in [0.1, 0.15) is 41.0 Å². The topological polar surface area (TPSA) is 151 Å². The van der Waals surface area contributed by atoms with Crippen molar-refractivity contribution < 1.29 is 24.2 Å². The average molecular weight is 661 g/mol. The molecule has 6 heterocycles. The smallest absolute Gasteiger partial charge is 0.410 e. The Bertz CT molecular complexity index is 1810. The lowest BCUT2D eigenvalue weighted by Gasteiger charge is -2.34. The number of benzene rings is 1. The number of thiophene rings is 1. The number of ether oxygens (including phenoxy) is 2. The molecule has 0 radical (unpaired) electrons. The first-order valence-corrected chi connectivity index (χ1v) is 17.0. The van der Waals surface area contributed by atoms with Crippen LogP contribution in [0.4, 0.5) is 16.3 Å². The zero-order valence-electron chi connectivity index (χ0n) is 26.4. The number of rotatable bonds is 8. The van der Waals surface area contributed by atoms with E-state index in [2.05, 4.69) is 31.3 Å². The summed E-state index contributed by atoms with van der Waals surface area (Å²) < 4.78 is 14.3. The lowest BCUT2D eigenvalue weighted by molar-refractivity contribution is 0.0856. The van der Waals surface area contributed by atoms with Gasteiger partial charge in [-0.05, 0) is 49.5 Å². The van der Waals surface area contributed by atoms with Gasteiger partial charge in [0.25, 0.3) is 5.91 Å². The summed E-state index contributed by atoms with van der Waals surface area (Å²) >= 11 is 1.47. The van der Waals surface area contributed by atoms with Crippen molar-refractivity contribution in [2.24, 2.45) is 0 Å². The van der Waals surface area contributed by atoms with Gasteiger partial charge in [0, 0.05) is 55.4 Å². The molecule has 4 N–H and O–H groups in total. The summed E-state index contributed by atoms with van der Waals surface area (Å²) in [5, 5.41) is 18.1. The highest BCUT2D eigenvalue weighted by Crippen LogP contribution is 2.40. The lowest BCUT2D eigenvalue weighted by atomic mass is 10.0. The largest absolute Gasteiger partial charge is 0.488 e. The second kappa shape index (κ2) is 13.4. The molecule has 0 saturated carbocycles. The molecule has 3 aliphatic rings. The van der Waals surface area contributed by atoms with Crippen molar-refractivity contribution in [2.45, 2.75) is 37.8 Å². The number of nitrogens with two attached hydrogens (primary N) is 1. The molecule has 14 heteroatoms. The monoisotopic (exact) mass is 660 g/mol. The van der Waals surface area contributed by atoms with Gasteiger partial charge in [-0.15, -0.1) is 11.3 Å². The van der Waals surface area contributed by atoms with Gasteiger partial charge in [0.2, 0.25) is 0 Å². The molecule has 2 amide bonds. The maximum Gasteiger partial charge on any atom is 0.410 e. The molecule has 3 aromatic heterocycles. The number of hydrogen-bond donors (Lipinski definition) is 3. The van der Waals surface area contributed by atoms with E-state index in [0.29, 0.717) is 48.1 Å². The Morgan fingerprint density at radius 1 is 1.17 bits per heavy atom. The molecular formula is C33H40N8O5S. The fourth-order valence-electron chi connectivity index (χ4n) is 6.94. The van der Waals surface area contributed by atoms with E-state index in [1.165, 1.54) is 24.8 Å². The number of nitrogens with one attached hydrogen (secondary N) is 1. The number of β-amino-alcohol motifs (C(OH)–C–C–N with tert-alkyl or cyclic N) is 1. The minimum absolute atomic E-state index is 0.0133. The highest BCUT2D eigenvalue weighted by atomic mass is 32.1. The highest BCUT2D eigenvalue weighted by Gasteiger charge is 2.31. The van der Waals surface area contributed by atoms with E-state index >= 15 is 0 Å². The van der Waals surface area contributed by atoms with Crippen LogP contribution < -0.4 is 20.7 Å². The summed E-state index contributed by atoms with van der Waals surface area (Å²) in [4.78, 5) is 37.1. The molecule has 7 rings (SSSR count). The second-order valence-electron chi connectivity index (χ2n) is 12.3. The maximum absolute atomic E-state index is 14.0. The lowest BCUT2D eigenvalue weighted by Crippen LogP contribution is -2.47. The molecule has 0 aliphatic carbocycles. The number of fused-ring (bicyclic) bond motifs is 2. The van der Waals surface area contributed by atoms with Crippen LogP contribution in [0.3, 0.4) is 0 Å². The Kier molecular flexibility index (Phi) is 8.88. The third-order valence-corrected chi connectivity index (χ3v) is 10.5. The van der Waals surface area contributed by atoms with Crippen LogP contribution in [0.2, 0.25) is 0 Å². The van der Waals surface area contributed by atoms with E-state index in [-0.39, 0.29) is 30.8 Å². The zero-order chi connectivity index (χ0) is 32.5. The van der Waals surface area contributed by atoms with Crippen molar-refractivity contribution in [2.75, 3.05) is 70.2 Å². The van der Waals surface area contributed by atoms with Gasteiger partial charge in [0.1, 0.15) is 22.8 Å². The SMILES string of the molecule is COC(=O)N1CC=C(c2cc(N3CCC[C@@H](NC(=O)c4sc5ccccc5c4OC4CCN(CCO)CC4)C3)c3c(N)ncnn23)C1. The first-order valence-electron chi connectivity index (χ1n) is 16.1.